The van der Waals surface area contributed by atoms with Crippen LogP contribution in [0.3, 0.4) is 0 Å². The second kappa shape index (κ2) is 7.85. The van der Waals surface area contributed by atoms with Crippen LogP contribution in [-0.2, 0) is 0 Å². The maximum atomic E-state index is 9.06. The largest absolute Gasteiger partial charge is 0.438 e. The summed E-state index contributed by atoms with van der Waals surface area (Å²) in [6.07, 6.45) is 1.27. The zero-order valence-electron chi connectivity index (χ0n) is 14.7. The molecule has 0 aliphatic rings. The van der Waals surface area contributed by atoms with Crippen molar-refractivity contribution in [1.82, 2.24) is 9.97 Å². The topological polar surface area (TPSA) is 94.7 Å². The Morgan fingerprint density at radius 2 is 1.78 bits per heavy atom. The molecule has 2 N–H and O–H groups in total. The number of aryl methyl sites for hydroxylation is 2. The van der Waals surface area contributed by atoms with Crippen molar-refractivity contribution in [2.75, 3.05) is 5.32 Å². The molecule has 0 aliphatic heterocycles. The first kappa shape index (κ1) is 18.4. The van der Waals surface area contributed by atoms with E-state index in [0.717, 1.165) is 22.4 Å². The standard InChI is InChI=1S/C20H16ClN5O/c1-12-7-15(11-23)8-13(2)19(12)27-18-9-17(21)25-20(26-18)24-16-5-3-14(10-22)4-6-16/h3-10,22H,1-2H3,(H,24,25,26). The maximum Gasteiger partial charge on any atom is 0.231 e. The number of rotatable bonds is 5. The molecule has 3 aromatic rings. The quantitative estimate of drug-likeness (QED) is 0.473. The second-order valence-electron chi connectivity index (χ2n) is 5.90. The summed E-state index contributed by atoms with van der Waals surface area (Å²) in [6.45, 7) is 3.74. The van der Waals surface area contributed by atoms with E-state index in [-0.39, 0.29) is 5.15 Å². The highest BCUT2D eigenvalue weighted by molar-refractivity contribution is 6.29. The molecule has 0 unspecified atom stereocenters. The normalized spacial score (nSPS) is 10.1. The van der Waals surface area contributed by atoms with Gasteiger partial charge in [0.05, 0.1) is 11.6 Å². The summed E-state index contributed by atoms with van der Waals surface area (Å²) in [5, 5.41) is 19.6. The lowest BCUT2D eigenvalue weighted by Gasteiger charge is -2.13. The fourth-order valence-corrected chi connectivity index (χ4v) is 2.75. The van der Waals surface area contributed by atoms with Crippen molar-refractivity contribution in [3.05, 3.63) is 69.9 Å². The van der Waals surface area contributed by atoms with Crippen LogP contribution in [0.5, 0.6) is 11.6 Å². The highest BCUT2D eigenvalue weighted by atomic mass is 35.5. The van der Waals surface area contributed by atoms with Crippen LogP contribution in [0.15, 0.2) is 42.5 Å². The Bertz CT molecular complexity index is 1020. The fraction of sp³-hybridized carbons (Fsp3) is 0.100. The molecule has 134 valence electrons. The van der Waals surface area contributed by atoms with E-state index in [1.807, 2.05) is 26.0 Å². The summed E-state index contributed by atoms with van der Waals surface area (Å²) >= 11 is 6.11. The summed E-state index contributed by atoms with van der Waals surface area (Å²) in [5.74, 6) is 1.22. The van der Waals surface area contributed by atoms with Gasteiger partial charge < -0.3 is 15.5 Å². The predicted octanol–water partition coefficient (Wildman–Crippen LogP) is 5.15. The number of nitrogens with zero attached hydrogens (tertiary/aromatic N) is 3. The van der Waals surface area contributed by atoms with Crippen LogP contribution in [-0.4, -0.2) is 16.2 Å². The molecule has 0 radical (unpaired) electrons. The van der Waals surface area contributed by atoms with Gasteiger partial charge in [-0.25, -0.2) is 4.98 Å². The molecule has 1 heterocycles. The van der Waals surface area contributed by atoms with Gasteiger partial charge in [-0.05, 0) is 54.8 Å². The average Bonchev–Trinajstić information content (AvgIpc) is 2.64. The van der Waals surface area contributed by atoms with Crippen LogP contribution in [0.4, 0.5) is 11.6 Å². The van der Waals surface area contributed by atoms with Crippen LogP contribution in [0.25, 0.3) is 0 Å². The molecular formula is C20H16ClN5O. The van der Waals surface area contributed by atoms with Crippen molar-refractivity contribution >= 4 is 29.5 Å². The molecule has 1 aromatic heterocycles. The first-order valence-electron chi connectivity index (χ1n) is 8.10. The zero-order chi connectivity index (χ0) is 19.4. The van der Waals surface area contributed by atoms with Crippen molar-refractivity contribution in [2.24, 2.45) is 0 Å². The minimum absolute atomic E-state index is 0.238. The molecule has 0 bridgehead atoms. The number of hydrogen-bond donors (Lipinski definition) is 2. The van der Waals surface area contributed by atoms with E-state index >= 15 is 0 Å². The lowest BCUT2D eigenvalue weighted by molar-refractivity contribution is 0.455. The van der Waals surface area contributed by atoms with Gasteiger partial charge in [-0.15, -0.1) is 0 Å². The Morgan fingerprint density at radius 3 is 2.37 bits per heavy atom. The van der Waals surface area contributed by atoms with Gasteiger partial charge in [0, 0.05) is 18.0 Å². The van der Waals surface area contributed by atoms with Gasteiger partial charge in [0.25, 0.3) is 0 Å². The first-order valence-corrected chi connectivity index (χ1v) is 8.47. The molecule has 27 heavy (non-hydrogen) atoms. The average molecular weight is 378 g/mol. The Labute approximate surface area is 161 Å². The van der Waals surface area contributed by atoms with Gasteiger partial charge in [-0.2, -0.15) is 10.2 Å². The van der Waals surface area contributed by atoms with Crippen LogP contribution < -0.4 is 10.1 Å². The van der Waals surface area contributed by atoms with Gasteiger partial charge in [0.2, 0.25) is 11.8 Å². The van der Waals surface area contributed by atoms with Gasteiger partial charge in [-0.3, -0.25) is 0 Å². The summed E-state index contributed by atoms with van der Waals surface area (Å²) < 4.78 is 5.92. The minimum atomic E-state index is 0.238. The lowest BCUT2D eigenvalue weighted by atomic mass is 10.1. The number of nitriles is 1. The molecule has 0 spiro atoms. The molecule has 2 aromatic carbocycles. The number of nitrogens with one attached hydrogen (secondary N) is 2. The fourth-order valence-electron chi connectivity index (χ4n) is 2.58. The second-order valence-corrected chi connectivity index (χ2v) is 6.28. The highest BCUT2D eigenvalue weighted by Crippen LogP contribution is 2.30. The van der Waals surface area contributed by atoms with Crippen molar-refractivity contribution in [3.63, 3.8) is 0 Å². The molecule has 0 saturated heterocycles. The summed E-state index contributed by atoms with van der Waals surface area (Å²) in [6, 6.07) is 14.4. The summed E-state index contributed by atoms with van der Waals surface area (Å²) in [4.78, 5) is 8.51. The Hall–Kier alpha value is -3.43. The van der Waals surface area contributed by atoms with E-state index in [2.05, 4.69) is 21.4 Å². The van der Waals surface area contributed by atoms with Crippen LogP contribution in [0.2, 0.25) is 5.15 Å². The molecule has 0 aliphatic carbocycles. The van der Waals surface area contributed by atoms with Crippen LogP contribution in [0.1, 0.15) is 22.3 Å². The third kappa shape index (κ3) is 4.40. The number of anilines is 2. The van der Waals surface area contributed by atoms with Gasteiger partial charge >= 0.3 is 0 Å². The van der Waals surface area contributed by atoms with Crippen LogP contribution in [0, 0.1) is 30.6 Å². The Balaban J connectivity index is 1.87. The van der Waals surface area contributed by atoms with Crippen molar-refractivity contribution in [3.8, 4) is 17.7 Å². The predicted molar refractivity (Wildman–Crippen MR) is 105 cm³/mol. The van der Waals surface area contributed by atoms with Crippen molar-refractivity contribution in [1.29, 1.82) is 10.7 Å². The van der Waals surface area contributed by atoms with Gasteiger partial charge in [-0.1, -0.05) is 23.7 Å². The Morgan fingerprint density at radius 1 is 1.11 bits per heavy atom. The number of benzene rings is 2. The molecular weight excluding hydrogens is 362 g/mol. The monoisotopic (exact) mass is 377 g/mol. The van der Waals surface area contributed by atoms with E-state index < -0.39 is 0 Å². The maximum absolute atomic E-state index is 9.06. The molecule has 0 fully saturated rings. The number of hydrogen-bond acceptors (Lipinski definition) is 6. The molecule has 0 saturated carbocycles. The Kier molecular flexibility index (Phi) is 5.34. The molecule has 0 amide bonds. The third-order valence-corrected chi connectivity index (χ3v) is 3.99. The minimum Gasteiger partial charge on any atom is -0.438 e. The number of halogens is 1. The highest BCUT2D eigenvalue weighted by Gasteiger charge is 2.11. The molecule has 3 rings (SSSR count). The number of ether oxygens (including phenoxy) is 1. The van der Waals surface area contributed by atoms with Gasteiger partial charge in [0.1, 0.15) is 10.9 Å². The van der Waals surface area contributed by atoms with Crippen LogP contribution >= 0.6 is 11.6 Å². The van der Waals surface area contributed by atoms with E-state index in [4.69, 9.17) is 27.0 Å². The van der Waals surface area contributed by atoms with E-state index in [1.54, 1.807) is 24.3 Å². The first-order chi connectivity index (χ1) is 13.0. The SMILES string of the molecule is Cc1cc(C#N)cc(C)c1Oc1cc(Cl)nc(Nc2ccc(C=N)cc2)n1. The van der Waals surface area contributed by atoms with Gasteiger partial charge in [0.15, 0.2) is 0 Å². The van der Waals surface area contributed by atoms with E-state index in [0.29, 0.717) is 23.1 Å². The molecule has 7 heteroatoms. The molecule has 0 atom stereocenters. The van der Waals surface area contributed by atoms with Crippen molar-refractivity contribution < 1.29 is 4.74 Å². The zero-order valence-corrected chi connectivity index (χ0v) is 15.5. The smallest absolute Gasteiger partial charge is 0.231 e. The number of aromatic nitrogens is 2. The van der Waals surface area contributed by atoms with Crippen molar-refractivity contribution in [2.45, 2.75) is 13.8 Å². The molecule has 6 nitrogen and oxygen atoms in total. The van der Waals surface area contributed by atoms with E-state index in [9.17, 15) is 0 Å². The summed E-state index contributed by atoms with van der Waals surface area (Å²) in [5.41, 5.74) is 3.80. The summed E-state index contributed by atoms with van der Waals surface area (Å²) in [7, 11) is 0. The third-order valence-electron chi connectivity index (χ3n) is 3.80. The lowest BCUT2D eigenvalue weighted by Crippen LogP contribution is -2.00. The van der Waals surface area contributed by atoms with E-state index in [1.165, 1.54) is 12.3 Å².